The highest BCUT2D eigenvalue weighted by molar-refractivity contribution is 5.42. The van der Waals surface area contributed by atoms with Crippen LogP contribution in [-0.4, -0.2) is 25.7 Å². The van der Waals surface area contributed by atoms with E-state index in [4.69, 9.17) is 0 Å². The Bertz CT molecular complexity index is 705. The van der Waals surface area contributed by atoms with E-state index >= 15 is 0 Å². The lowest BCUT2D eigenvalue weighted by molar-refractivity contribution is 0.0261. The summed E-state index contributed by atoms with van der Waals surface area (Å²) in [5, 5.41) is 7.67. The van der Waals surface area contributed by atoms with E-state index in [0.717, 1.165) is 25.0 Å². The molecule has 0 bridgehead atoms. The Kier molecular flexibility index (Phi) is 6.95. The van der Waals surface area contributed by atoms with Crippen LogP contribution in [0.1, 0.15) is 108 Å². The fourth-order valence-electron chi connectivity index (χ4n) is 7.26. The second-order valence-corrected chi connectivity index (χ2v) is 11.6. The van der Waals surface area contributed by atoms with Gasteiger partial charge in [0, 0.05) is 25.7 Å². The molecule has 2 nitrogen and oxygen atoms in total. The van der Waals surface area contributed by atoms with E-state index in [1.165, 1.54) is 76.3 Å². The fraction of sp³-hybridized carbons (Fsp3) is 0.786. The number of aryl methyl sites for hydroxylation is 1. The standard InChI is InChI=1S/C28H46N2/c1-21(2)22-11-13-25-23(19-22)12-14-26-27(3,15-8-16-28(25,26)4)20-29-17-18-30-24-9-6-5-7-10-24/h11,13,19,21,24,26,29-30H,5-10,12,14-18,20H2,1-4H3/t26-,27-,28+/m0/s1. The van der Waals surface area contributed by atoms with Crippen LogP contribution in [0, 0.1) is 11.3 Å². The molecule has 0 aliphatic heterocycles. The molecule has 0 amide bonds. The van der Waals surface area contributed by atoms with Crippen LogP contribution < -0.4 is 10.6 Å². The third-order valence-corrected chi connectivity index (χ3v) is 9.04. The lowest BCUT2D eigenvalue weighted by atomic mass is 9.49. The first-order valence-electron chi connectivity index (χ1n) is 13.0. The first-order valence-corrected chi connectivity index (χ1v) is 13.0. The molecule has 4 rings (SSSR count). The van der Waals surface area contributed by atoms with Crippen LogP contribution in [0.2, 0.25) is 0 Å². The van der Waals surface area contributed by atoms with Crippen molar-refractivity contribution in [2.24, 2.45) is 11.3 Å². The fourth-order valence-corrected chi connectivity index (χ4v) is 7.26. The Labute approximate surface area is 186 Å². The predicted octanol–water partition coefficient (Wildman–Crippen LogP) is 6.33. The molecule has 1 aromatic carbocycles. The van der Waals surface area contributed by atoms with Crippen molar-refractivity contribution in [3.63, 3.8) is 0 Å². The number of nitrogens with one attached hydrogen (secondary N) is 2. The van der Waals surface area contributed by atoms with Gasteiger partial charge >= 0.3 is 0 Å². The second-order valence-electron chi connectivity index (χ2n) is 11.6. The number of rotatable bonds is 7. The zero-order valence-electron chi connectivity index (χ0n) is 20.2. The monoisotopic (exact) mass is 410 g/mol. The zero-order chi connectivity index (χ0) is 21.2. The van der Waals surface area contributed by atoms with Crippen LogP contribution in [0.15, 0.2) is 18.2 Å². The van der Waals surface area contributed by atoms with Gasteiger partial charge in [0.15, 0.2) is 0 Å². The predicted molar refractivity (Wildman–Crippen MR) is 129 cm³/mol. The number of benzene rings is 1. The Morgan fingerprint density at radius 3 is 2.53 bits per heavy atom. The minimum atomic E-state index is 0.359. The molecule has 0 saturated heterocycles. The highest BCUT2D eigenvalue weighted by Gasteiger charge is 2.51. The van der Waals surface area contributed by atoms with E-state index in [1.54, 1.807) is 11.1 Å². The summed E-state index contributed by atoms with van der Waals surface area (Å²) in [5.41, 5.74) is 5.62. The molecule has 0 heterocycles. The SMILES string of the molecule is CC(C)c1ccc2c(c1)CC[C@H]1[C@](C)(CNCCNC3CCCCC3)CCC[C@]21C. The van der Waals surface area contributed by atoms with Crippen molar-refractivity contribution >= 4 is 0 Å². The van der Waals surface area contributed by atoms with Gasteiger partial charge in [0.05, 0.1) is 0 Å². The molecule has 2 heteroatoms. The maximum Gasteiger partial charge on any atom is 0.00793 e. The average Bonchev–Trinajstić information content (AvgIpc) is 2.74. The molecule has 1 aromatic rings. The van der Waals surface area contributed by atoms with Gasteiger partial charge in [0.2, 0.25) is 0 Å². The summed E-state index contributed by atoms with van der Waals surface area (Å²) in [5.74, 6) is 1.43. The minimum absolute atomic E-state index is 0.359. The summed E-state index contributed by atoms with van der Waals surface area (Å²) in [6.45, 7) is 13.2. The smallest absolute Gasteiger partial charge is 0.00793 e. The molecule has 30 heavy (non-hydrogen) atoms. The highest BCUT2D eigenvalue weighted by atomic mass is 15.0. The van der Waals surface area contributed by atoms with Crippen LogP contribution in [0.25, 0.3) is 0 Å². The Morgan fingerprint density at radius 2 is 1.77 bits per heavy atom. The molecule has 3 atom stereocenters. The van der Waals surface area contributed by atoms with Gasteiger partial charge in [-0.15, -0.1) is 0 Å². The molecule has 2 saturated carbocycles. The quantitative estimate of drug-likeness (QED) is 0.513. The van der Waals surface area contributed by atoms with E-state index < -0.39 is 0 Å². The van der Waals surface area contributed by atoms with E-state index in [9.17, 15) is 0 Å². The van der Waals surface area contributed by atoms with Crippen molar-refractivity contribution in [2.45, 2.75) is 109 Å². The summed E-state index contributed by atoms with van der Waals surface area (Å²) < 4.78 is 0. The Hall–Kier alpha value is -0.860. The van der Waals surface area contributed by atoms with Gasteiger partial charge in [-0.25, -0.2) is 0 Å². The van der Waals surface area contributed by atoms with Crippen LogP contribution in [0.3, 0.4) is 0 Å². The van der Waals surface area contributed by atoms with Crippen molar-refractivity contribution in [1.82, 2.24) is 10.6 Å². The topological polar surface area (TPSA) is 24.1 Å². The minimum Gasteiger partial charge on any atom is -0.315 e. The van der Waals surface area contributed by atoms with Crippen molar-refractivity contribution in [3.8, 4) is 0 Å². The molecular formula is C28H46N2. The normalized spacial score (nSPS) is 32.1. The number of hydrogen-bond acceptors (Lipinski definition) is 2. The van der Waals surface area contributed by atoms with E-state index in [2.05, 4.69) is 56.5 Å². The first kappa shape index (κ1) is 22.3. The average molecular weight is 411 g/mol. The summed E-state index contributed by atoms with van der Waals surface area (Å²) >= 11 is 0. The molecule has 2 N–H and O–H groups in total. The van der Waals surface area contributed by atoms with Crippen LogP contribution in [0.4, 0.5) is 0 Å². The van der Waals surface area contributed by atoms with Gasteiger partial charge in [-0.3, -0.25) is 0 Å². The lowest BCUT2D eigenvalue weighted by Gasteiger charge is -2.55. The molecular weight excluding hydrogens is 364 g/mol. The summed E-state index contributed by atoms with van der Waals surface area (Å²) in [4.78, 5) is 0. The van der Waals surface area contributed by atoms with Gasteiger partial charge < -0.3 is 10.6 Å². The molecule has 0 aromatic heterocycles. The molecule has 168 valence electrons. The summed E-state index contributed by atoms with van der Waals surface area (Å²) in [7, 11) is 0. The third-order valence-electron chi connectivity index (χ3n) is 9.04. The van der Waals surface area contributed by atoms with Crippen molar-refractivity contribution in [3.05, 3.63) is 34.9 Å². The van der Waals surface area contributed by atoms with Crippen LogP contribution in [-0.2, 0) is 11.8 Å². The van der Waals surface area contributed by atoms with Gasteiger partial charge in [0.1, 0.15) is 0 Å². The molecule has 0 unspecified atom stereocenters. The van der Waals surface area contributed by atoms with Gasteiger partial charge in [-0.05, 0) is 77.9 Å². The molecule has 0 spiro atoms. The Balaban J connectivity index is 1.38. The largest absolute Gasteiger partial charge is 0.315 e. The van der Waals surface area contributed by atoms with Gasteiger partial charge in [0.25, 0.3) is 0 Å². The molecule has 3 aliphatic carbocycles. The van der Waals surface area contributed by atoms with E-state index in [0.29, 0.717) is 16.7 Å². The maximum absolute atomic E-state index is 3.87. The number of hydrogen-bond donors (Lipinski definition) is 2. The number of fused-ring (bicyclic) bond motifs is 3. The Morgan fingerprint density at radius 1 is 0.967 bits per heavy atom. The first-order chi connectivity index (χ1) is 14.4. The van der Waals surface area contributed by atoms with Crippen molar-refractivity contribution < 1.29 is 0 Å². The van der Waals surface area contributed by atoms with Crippen LogP contribution >= 0.6 is 0 Å². The van der Waals surface area contributed by atoms with E-state index in [1.807, 2.05) is 0 Å². The third kappa shape index (κ3) is 4.51. The van der Waals surface area contributed by atoms with E-state index in [-0.39, 0.29) is 0 Å². The zero-order valence-corrected chi connectivity index (χ0v) is 20.2. The van der Waals surface area contributed by atoms with Crippen molar-refractivity contribution in [1.29, 1.82) is 0 Å². The van der Waals surface area contributed by atoms with Crippen LogP contribution in [0.5, 0.6) is 0 Å². The summed E-state index contributed by atoms with van der Waals surface area (Å²) in [6.07, 6.45) is 13.8. The maximum atomic E-state index is 3.87. The molecule has 3 aliphatic rings. The van der Waals surface area contributed by atoms with Gasteiger partial charge in [-0.1, -0.05) is 71.6 Å². The second kappa shape index (κ2) is 9.33. The summed E-state index contributed by atoms with van der Waals surface area (Å²) in [6, 6.07) is 8.23. The van der Waals surface area contributed by atoms with Crippen molar-refractivity contribution in [2.75, 3.05) is 19.6 Å². The lowest BCUT2D eigenvalue weighted by Crippen LogP contribution is -2.53. The molecule has 0 radical (unpaired) electrons. The molecule has 2 fully saturated rings. The van der Waals surface area contributed by atoms with Gasteiger partial charge in [-0.2, -0.15) is 0 Å². The highest BCUT2D eigenvalue weighted by Crippen LogP contribution is 2.57.